The molecule has 3 N–H and O–H groups in total. The van der Waals surface area contributed by atoms with Crippen molar-refractivity contribution in [3.8, 4) is 0 Å². The van der Waals surface area contributed by atoms with E-state index in [-0.39, 0.29) is 5.96 Å². The summed E-state index contributed by atoms with van der Waals surface area (Å²) in [5, 5.41) is 7.29. The molecule has 0 aromatic rings. The molecule has 0 aliphatic rings. The largest absolute Gasteiger partial charge is 0.370 e. The summed E-state index contributed by atoms with van der Waals surface area (Å²) in [6.45, 7) is 6.14. The molecular weight excluding hydrogens is 150 g/mol. The van der Waals surface area contributed by atoms with Gasteiger partial charge in [0.1, 0.15) is 0 Å². The lowest BCUT2D eigenvalue weighted by atomic mass is 10.2. The Labute approximate surface area is 75.4 Å². The molecule has 0 spiro atoms. The molecule has 0 saturated carbocycles. The Morgan fingerprint density at radius 3 is 2.25 bits per heavy atom. The maximum atomic E-state index is 7.29. The first-order chi connectivity index (χ1) is 5.72. The topological polar surface area (TPSA) is 53.1 Å². The average Bonchev–Trinajstić information content (AvgIpc) is 2.03. The molecule has 0 aromatic heterocycles. The van der Waals surface area contributed by atoms with E-state index in [9.17, 15) is 0 Å². The van der Waals surface area contributed by atoms with Gasteiger partial charge in [-0.1, -0.05) is 26.7 Å². The van der Waals surface area contributed by atoms with Crippen LogP contribution in [0.15, 0.2) is 0 Å². The quantitative estimate of drug-likeness (QED) is 0.363. The second-order valence-corrected chi connectivity index (χ2v) is 3.08. The molecule has 0 fully saturated rings. The fourth-order valence-electron chi connectivity index (χ4n) is 1.18. The van der Waals surface area contributed by atoms with E-state index in [4.69, 9.17) is 11.1 Å². The molecule has 3 heteroatoms. The molecule has 0 radical (unpaired) electrons. The van der Waals surface area contributed by atoms with Crippen molar-refractivity contribution in [2.75, 3.05) is 13.1 Å². The van der Waals surface area contributed by atoms with Crippen molar-refractivity contribution < 1.29 is 0 Å². The van der Waals surface area contributed by atoms with Crippen LogP contribution in [0, 0.1) is 5.41 Å². The third kappa shape index (κ3) is 4.99. The van der Waals surface area contributed by atoms with E-state index in [0.717, 1.165) is 25.9 Å². The Balaban J connectivity index is 3.56. The Kier molecular flexibility index (Phi) is 6.53. The van der Waals surface area contributed by atoms with Crippen LogP contribution in [0.5, 0.6) is 0 Å². The average molecular weight is 171 g/mol. The normalized spacial score (nSPS) is 9.83. The molecule has 3 nitrogen and oxygen atoms in total. The van der Waals surface area contributed by atoms with Gasteiger partial charge in [-0.15, -0.1) is 0 Å². The highest BCUT2D eigenvalue weighted by Gasteiger charge is 2.02. The smallest absolute Gasteiger partial charge is 0.188 e. The van der Waals surface area contributed by atoms with E-state index < -0.39 is 0 Å². The van der Waals surface area contributed by atoms with Crippen LogP contribution in [-0.2, 0) is 0 Å². The van der Waals surface area contributed by atoms with Gasteiger partial charge in [0, 0.05) is 13.1 Å². The predicted molar refractivity (Wildman–Crippen MR) is 53.3 cm³/mol. The number of rotatable bonds is 6. The zero-order valence-corrected chi connectivity index (χ0v) is 8.27. The summed E-state index contributed by atoms with van der Waals surface area (Å²) in [6, 6.07) is 0. The maximum absolute atomic E-state index is 7.29. The number of hydrogen-bond acceptors (Lipinski definition) is 1. The van der Waals surface area contributed by atoms with Crippen LogP contribution in [0.1, 0.15) is 39.5 Å². The summed E-state index contributed by atoms with van der Waals surface area (Å²) < 4.78 is 0. The Morgan fingerprint density at radius 1 is 1.17 bits per heavy atom. The summed E-state index contributed by atoms with van der Waals surface area (Å²) in [5.41, 5.74) is 5.41. The van der Waals surface area contributed by atoms with E-state index in [1.807, 2.05) is 4.90 Å². The van der Waals surface area contributed by atoms with E-state index >= 15 is 0 Å². The summed E-state index contributed by atoms with van der Waals surface area (Å²) >= 11 is 0. The molecule has 0 unspecified atom stereocenters. The molecule has 0 rings (SSSR count). The molecule has 0 heterocycles. The van der Waals surface area contributed by atoms with Crippen LogP contribution in [-0.4, -0.2) is 23.9 Å². The van der Waals surface area contributed by atoms with E-state index in [1.165, 1.54) is 12.8 Å². The first kappa shape index (κ1) is 11.3. The van der Waals surface area contributed by atoms with Gasteiger partial charge in [-0.05, 0) is 12.8 Å². The summed E-state index contributed by atoms with van der Waals surface area (Å²) in [7, 11) is 0. The number of guanidine groups is 1. The standard InChI is InChI=1S/C9H21N3/c1-3-5-6-8-12(7-4-2)9(10)11/h3-8H2,1-2H3,(H3,10,11). The highest BCUT2D eigenvalue weighted by atomic mass is 15.2. The maximum Gasteiger partial charge on any atom is 0.188 e. The monoisotopic (exact) mass is 171 g/mol. The molecule has 0 atom stereocenters. The third-order valence-corrected chi connectivity index (χ3v) is 1.87. The molecular formula is C9H21N3. The fraction of sp³-hybridized carbons (Fsp3) is 0.889. The van der Waals surface area contributed by atoms with Crippen LogP contribution in [0.2, 0.25) is 0 Å². The first-order valence-electron chi connectivity index (χ1n) is 4.81. The number of nitrogens with one attached hydrogen (secondary N) is 1. The number of nitrogens with two attached hydrogens (primary N) is 1. The van der Waals surface area contributed by atoms with Crippen LogP contribution >= 0.6 is 0 Å². The van der Waals surface area contributed by atoms with E-state index in [1.54, 1.807) is 0 Å². The second-order valence-electron chi connectivity index (χ2n) is 3.08. The van der Waals surface area contributed by atoms with Gasteiger partial charge in [-0.25, -0.2) is 0 Å². The van der Waals surface area contributed by atoms with Crippen molar-refractivity contribution in [2.24, 2.45) is 5.73 Å². The van der Waals surface area contributed by atoms with Gasteiger partial charge >= 0.3 is 0 Å². The molecule has 0 aromatic carbocycles. The minimum absolute atomic E-state index is 0.216. The minimum Gasteiger partial charge on any atom is -0.370 e. The number of nitrogens with zero attached hydrogens (tertiary/aromatic N) is 1. The Bertz CT molecular complexity index is 123. The lowest BCUT2D eigenvalue weighted by Crippen LogP contribution is -2.37. The van der Waals surface area contributed by atoms with Crippen LogP contribution < -0.4 is 5.73 Å². The van der Waals surface area contributed by atoms with Crippen molar-refractivity contribution in [3.05, 3.63) is 0 Å². The van der Waals surface area contributed by atoms with E-state index in [2.05, 4.69) is 13.8 Å². The molecule has 12 heavy (non-hydrogen) atoms. The zero-order chi connectivity index (χ0) is 9.40. The van der Waals surface area contributed by atoms with Crippen molar-refractivity contribution in [1.82, 2.24) is 4.90 Å². The Morgan fingerprint density at radius 2 is 1.83 bits per heavy atom. The predicted octanol–water partition coefficient (Wildman–Crippen LogP) is 1.78. The molecule has 0 aliphatic carbocycles. The van der Waals surface area contributed by atoms with Gasteiger partial charge in [0.25, 0.3) is 0 Å². The van der Waals surface area contributed by atoms with Crippen molar-refractivity contribution in [2.45, 2.75) is 39.5 Å². The van der Waals surface area contributed by atoms with Gasteiger partial charge in [-0.2, -0.15) is 0 Å². The van der Waals surface area contributed by atoms with Gasteiger partial charge in [0.15, 0.2) is 5.96 Å². The van der Waals surface area contributed by atoms with Crippen LogP contribution in [0.3, 0.4) is 0 Å². The summed E-state index contributed by atoms with van der Waals surface area (Å²) in [5.74, 6) is 0.216. The van der Waals surface area contributed by atoms with Crippen LogP contribution in [0.4, 0.5) is 0 Å². The minimum atomic E-state index is 0.216. The van der Waals surface area contributed by atoms with Gasteiger partial charge in [-0.3, -0.25) is 5.41 Å². The number of unbranched alkanes of at least 4 members (excludes halogenated alkanes) is 2. The Hall–Kier alpha value is -0.730. The molecule has 0 saturated heterocycles. The first-order valence-corrected chi connectivity index (χ1v) is 4.81. The van der Waals surface area contributed by atoms with Crippen molar-refractivity contribution in [3.63, 3.8) is 0 Å². The van der Waals surface area contributed by atoms with E-state index in [0.29, 0.717) is 0 Å². The molecule has 72 valence electrons. The second kappa shape index (κ2) is 6.95. The van der Waals surface area contributed by atoms with Crippen molar-refractivity contribution in [1.29, 1.82) is 5.41 Å². The molecule has 0 bridgehead atoms. The van der Waals surface area contributed by atoms with Gasteiger partial charge in [0.2, 0.25) is 0 Å². The van der Waals surface area contributed by atoms with Crippen LogP contribution in [0.25, 0.3) is 0 Å². The summed E-state index contributed by atoms with van der Waals surface area (Å²) in [6.07, 6.45) is 4.66. The SMILES string of the molecule is CCCCCN(CCC)C(=N)N. The molecule has 0 amide bonds. The lowest BCUT2D eigenvalue weighted by Gasteiger charge is -2.21. The highest BCUT2D eigenvalue weighted by Crippen LogP contribution is 1.98. The van der Waals surface area contributed by atoms with Gasteiger partial charge in [0.05, 0.1) is 0 Å². The van der Waals surface area contributed by atoms with Crippen molar-refractivity contribution >= 4 is 5.96 Å². The lowest BCUT2D eigenvalue weighted by molar-refractivity contribution is 0.396. The summed E-state index contributed by atoms with van der Waals surface area (Å²) in [4.78, 5) is 1.94. The highest BCUT2D eigenvalue weighted by molar-refractivity contribution is 5.74. The van der Waals surface area contributed by atoms with Gasteiger partial charge < -0.3 is 10.6 Å². The number of hydrogen-bond donors (Lipinski definition) is 2. The third-order valence-electron chi connectivity index (χ3n) is 1.87. The fourth-order valence-corrected chi connectivity index (χ4v) is 1.18. The molecule has 0 aliphatic heterocycles. The zero-order valence-electron chi connectivity index (χ0n) is 8.27.